The van der Waals surface area contributed by atoms with E-state index >= 15 is 0 Å². The van der Waals surface area contributed by atoms with E-state index in [-0.39, 0.29) is 12.5 Å². The molecule has 5 nitrogen and oxygen atoms in total. The van der Waals surface area contributed by atoms with Gasteiger partial charge in [-0.3, -0.25) is 4.79 Å². The summed E-state index contributed by atoms with van der Waals surface area (Å²) >= 11 is 0. The molecule has 0 aliphatic rings. The summed E-state index contributed by atoms with van der Waals surface area (Å²) in [5.74, 6) is -0.133. The van der Waals surface area contributed by atoms with Crippen molar-refractivity contribution in [3.05, 3.63) is 18.2 Å². The first kappa shape index (κ1) is 10.7. The lowest BCUT2D eigenvalue weighted by Gasteiger charge is -2.02. The Morgan fingerprint density at radius 1 is 1.50 bits per heavy atom. The second-order valence-corrected chi connectivity index (χ2v) is 3.01. The van der Waals surface area contributed by atoms with E-state index in [1.807, 2.05) is 0 Å². The van der Waals surface area contributed by atoms with Crippen molar-refractivity contribution in [1.29, 1.82) is 0 Å². The highest BCUT2D eigenvalue weighted by Gasteiger charge is 2.04. The van der Waals surface area contributed by atoms with Gasteiger partial charge in [-0.2, -0.15) is 0 Å². The highest BCUT2D eigenvalue weighted by molar-refractivity contribution is 5.91. The Balaban J connectivity index is 2.10. The topological polar surface area (TPSA) is 78.0 Å². The van der Waals surface area contributed by atoms with E-state index in [0.29, 0.717) is 12.2 Å². The number of hydrogen-bond acceptors (Lipinski definition) is 3. The van der Waals surface area contributed by atoms with Crippen LogP contribution in [0.5, 0.6) is 0 Å². The summed E-state index contributed by atoms with van der Waals surface area (Å²) in [5, 5.41) is 11.3. The number of aromatic nitrogens is 2. The number of carbonyl (C=O) groups excluding carboxylic acids is 1. The van der Waals surface area contributed by atoms with Gasteiger partial charge >= 0.3 is 0 Å². The van der Waals surface area contributed by atoms with Gasteiger partial charge in [0.1, 0.15) is 5.69 Å². The number of imidazole rings is 1. The molecular weight excluding hydrogens is 182 g/mol. The molecule has 14 heavy (non-hydrogen) atoms. The summed E-state index contributed by atoms with van der Waals surface area (Å²) < 4.78 is 0. The zero-order valence-corrected chi connectivity index (χ0v) is 7.99. The van der Waals surface area contributed by atoms with Gasteiger partial charge in [0.05, 0.1) is 12.5 Å². The van der Waals surface area contributed by atoms with Crippen molar-refractivity contribution < 1.29 is 9.90 Å². The Bertz CT molecular complexity index is 259. The number of carbonyl (C=O) groups is 1. The largest absolute Gasteiger partial charge is 0.396 e. The number of rotatable bonds is 6. The molecule has 0 fully saturated rings. The number of nitrogens with one attached hydrogen (secondary N) is 2. The van der Waals surface area contributed by atoms with E-state index in [9.17, 15) is 4.79 Å². The number of hydrogen-bond donors (Lipinski definition) is 3. The quantitative estimate of drug-likeness (QED) is 0.574. The molecule has 0 aromatic carbocycles. The molecule has 0 unspecified atom stereocenters. The second-order valence-electron chi connectivity index (χ2n) is 3.01. The molecule has 0 aliphatic heterocycles. The Hall–Kier alpha value is -1.36. The van der Waals surface area contributed by atoms with E-state index in [2.05, 4.69) is 15.3 Å². The molecule has 3 N–H and O–H groups in total. The summed E-state index contributed by atoms with van der Waals surface area (Å²) in [7, 11) is 0. The van der Waals surface area contributed by atoms with Crippen LogP contribution in [0, 0.1) is 0 Å². The number of nitrogens with zero attached hydrogens (tertiary/aromatic N) is 1. The molecule has 0 bridgehead atoms. The molecule has 0 aliphatic carbocycles. The molecule has 0 radical (unpaired) electrons. The summed E-state index contributed by atoms with van der Waals surface area (Å²) in [6, 6.07) is 0. The lowest BCUT2D eigenvalue weighted by atomic mass is 10.2. The predicted octanol–water partition coefficient (Wildman–Crippen LogP) is 0.302. The minimum absolute atomic E-state index is 0.133. The zero-order valence-electron chi connectivity index (χ0n) is 7.99. The first-order valence-corrected chi connectivity index (χ1v) is 4.72. The van der Waals surface area contributed by atoms with Crippen molar-refractivity contribution in [2.75, 3.05) is 13.2 Å². The minimum Gasteiger partial charge on any atom is -0.396 e. The highest BCUT2D eigenvalue weighted by atomic mass is 16.2. The number of unbranched alkanes of at least 4 members (excludes halogenated alkanes) is 2. The maximum absolute atomic E-state index is 11.3. The van der Waals surface area contributed by atoms with Crippen molar-refractivity contribution in [3.63, 3.8) is 0 Å². The Kier molecular flexibility index (Phi) is 4.71. The standard InChI is InChI=1S/C9H15N3O2/c13-5-3-1-2-4-11-9(14)8-6-10-7-12-8/h6-7,13H,1-5H2,(H,10,12)(H,11,14). The molecule has 1 rings (SSSR count). The summed E-state index contributed by atoms with van der Waals surface area (Å²) in [4.78, 5) is 17.8. The van der Waals surface area contributed by atoms with E-state index in [4.69, 9.17) is 5.11 Å². The number of aromatic amines is 1. The SMILES string of the molecule is O=C(NCCCCCO)c1cnc[nH]1. The van der Waals surface area contributed by atoms with Gasteiger partial charge in [0.25, 0.3) is 5.91 Å². The number of aliphatic hydroxyl groups is 1. The van der Waals surface area contributed by atoms with Gasteiger partial charge in [0.15, 0.2) is 0 Å². The number of amides is 1. The second kappa shape index (κ2) is 6.15. The van der Waals surface area contributed by atoms with Crippen LogP contribution in [0.3, 0.4) is 0 Å². The van der Waals surface area contributed by atoms with Crippen LogP contribution in [0.1, 0.15) is 29.8 Å². The fraction of sp³-hybridized carbons (Fsp3) is 0.556. The fourth-order valence-corrected chi connectivity index (χ4v) is 1.09. The van der Waals surface area contributed by atoms with E-state index < -0.39 is 0 Å². The summed E-state index contributed by atoms with van der Waals surface area (Å²) in [6.07, 6.45) is 5.57. The first-order valence-electron chi connectivity index (χ1n) is 4.72. The lowest BCUT2D eigenvalue weighted by molar-refractivity contribution is 0.0948. The van der Waals surface area contributed by atoms with E-state index in [0.717, 1.165) is 19.3 Å². The number of aliphatic hydroxyl groups excluding tert-OH is 1. The zero-order chi connectivity index (χ0) is 10.2. The van der Waals surface area contributed by atoms with Crippen molar-refractivity contribution in [1.82, 2.24) is 15.3 Å². The smallest absolute Gasteiger partial charge is 0.269 e. The van der Waals surface area contributed by atoms with Gasteiger partial charge in [0.2, 0.25) is 0 Å². The predicted molar refractivity (Wildman–Crippen MR) is 51.9 cm³/mol. The van der Waals surface area contributed by atoms with E-state index in [1.54, 1.807) is 0 Å². The third kappa shape index (κ3) is 3.57. The van der Waals surface area contributed by atoms with Crippen LogP contribution in [0.4, 0.5) is 0 Å². The molecule has 0 atom stereocenters. The average molecular weight is 197 g/mol. The minimum atomic E-state index is -0.133. The highest BCUT2D eigenvalue weighted by Crippen LogP contribution is 1.94. The molecule has 1 aromatic heterocycles. The van der Waals surface area contributed by atoms with Crippen LogP contribution in [0.2, 0.25) is 0 Å². The van der Waals surface area contributed by atoms with Crippen molar-refractivity contribution in [2.24, 2.45) is 0 Å². The first-order chi connectivity index (χ1) is 6.84. The summed E-state index contributed by atoms with van der Waals surface area (Å²) in [6.45, 7) is 0.854. The van der Waals surface area contributed by atoms with Gasteiger partial charge in [-0.15, -0.1) is 0 Å². The van der Waals surface area contributed by atoms with Crippen molar-refractivity contribution >= 4 is 5.91 Å². The Morgan fingerprint density at radius 3 is 3.00 bits per heavy atom. The average Bonchev–Trinajstić information content (AvgIpc) is 2.70. The van der Waals surface area contributed by atoms with Gasteiger partial charge in [-0.1, -0.05) is 0 Å². The van der Waals surface area contributed by atoms with Gasteiger partial charge in [-0.25, -0.2) is 4.98 Å². The normalized spacial score (nSPS) is 10.1. The summed E-state index contributed by atoms with van der Waals surface area (Å²) in [5.41, 5.74) is 0.479. The molecule has 1 amide bonds. The Labute approximate surface area is 82.6 Å². The lowest BCUT2D eigenvalue weighted by Crippen LogP contribution is -2.24. The van der Waals surface area contributed by atoms with Crippen LogP contribution in [0.25, 0.3) is 0 Å². The molecule has 78 valence electrons. The van der Waals surface area contributed by atoms with Crippen LogP contribution >= 0.6 is 0 Å². The van der Waals surface area contributed by atoms with Gasteiger partial charge < -0.3 is 15.4 Å². The van der Waals surface area contributed by atoms with Crippen molar-refractivity contribution in [2.45, 2.75) is 19.3 Å². The third-order valence-corrected chi connectivity index (χ3v) is 1.86. The van der Waals surface area contributed by atoms with Gasteiger partial charge in [-0.05, 0) is 19.3 Å². The molecule has 1 aromatic rings. The van der Waals surface area contributed by atoms with Crippen LogP contribution in [0.15, 0.2) is 12.5 Å². The molecular formula is C9H15N3O2. The van der Waals surface area contributed by atoms with Crippen LogP contribution < -0.4 is 5.32 Å². The third-order valence-electron chi connectivity index (χ3n) is 1.86. The molecule has 0 saturated carbocycles. The van der Waals surface area contributed by atoms with Crippen molar-refractivity contribution in [3.8, 4) is 0 Å². The maximum Gasteiger partial charge on any atom is 0.269 e. The maximum atomic E-state index is 11.3. The van der Waals surface area contributed by atoms with Crippen LogP contribution in [-0.2, 0) is 0 Å². The van der Waals surface area contributed by atoms with Gasteiger partial charge in [0, 0.05) is 13.2 Å². The fourth-order valence-electron chi connectivity index (χ4n) is 1.09. The molecule has 0 saturated heterocycles. The number of H-pyrrole nitrogens is 1. The Morgan fingerprint density at radius 2 is 2.36 bits per heavy atom. The van der Waals surface area contributed by atoms with Crippen LogP contribution in [-0.4, -0.2) is 34.1 Å². The monoisotopic (exact) mass is 197 g/mol. The molecule has 0 spiro atoms. The molecule has 5 heteroatoms. The molecule has 1 heterocycles. The van der Waals surface area contributed by atoms with E-state index in [1.165, 1.54) is 12.5 Å².